The highest BCUT2D eigenvalue weighted by molar-refractivity contribution is 7.13. The number of primary amides is 1. The summed E-state index contributed by atoms with van der Waals surface area (Å²) in [6.07, 6.45) is 0. The second kappa shape index (κ2) is 3.89. The molecule has 1 unspecified atom stereocenters. The summed E-state index contributed by atoms with van der Waals surface area (Å²) in [5, 5.41) is 11.6. The predicted octanol–water partition coefficient (Wildman–Crippen LogP) is -1.20. The first-order valence-corrected chi connectivity index (χ1v) is 5.20. The maximum Gasteiger partial charge on any atom is 0.241 e. The number of aromatic nitrogens is 2. The third-order valence-electron chi connectivity index (χ3n) is 2.17. The first-order chi connectivity index (χ1) is 6.79. The quantitative estimate of drug-likeness (QED) is 0.645. The molecule has 0 spiro atoms. The Morgan fingerprint density at radius 1 is 1.79 bits per heavy atom. The second-order valence-electron chi connectivity index (χ2n) is 3.04. The minimum absolute atomic E-state index is 0.309. The zero-order valence-corrected chi connectivity index (χ0v) is 8.33. The minimum Gasteiger partial charge on any atom is -0.368 e. The van der Waals surface area contributed by atoms with Gasteiger partial charge in [-0.1, -0.05) is 11.3 Å². The van der Waals surface area contributed by atoms with E-state index in [1.807, 2.05) is 4.90 Å². The van der Waals surface area contributed by atoms with Crippen molar-refractivity contribution in [1.29, 1.82) is 0 Å². The van der Waals surface area contributed by atoms with Crippen LogP contribution in [0.25, 0.3) is 0 Å². The van der Waals surface area contributed by atoms with Crippen molar-refractivity contribution in [1.82, 2.24) is 15.5 Å². The predicted molar refractivity (Wildman–Crippen MR) is 53.1 cm³/mol. The van der Waals surface area contributed by atoms with Crippen LogP contribution >= 0.6 is 11.3 Å². The van der Waals surface area contributed by atoms with Crippen LogP contribution in [0.5, 0.6) is 0 Å². The van der Waals surface area contributed by atoms with Crippen LogP contribution in [-0.4, -0.2) is 41.8 Å². The van der Waals surface area contributed by atoms with Crippen LogP contribution < -0.4 is 16.0 Å². The average Bonchev–Trinajstić information content (AvgIpc) is 2.70. The van der Waals surface area contributed by atoms with Crippen LogP contribution in [0.1, 0.15) is 0 Å². The molecule has 14 heavy (non-hydrogen) atoms. The Bertz CT molecular complexity index is 314. The molecule has 1 aliphatic heterocycles. The summed E-state index contributed by atoms with van der Waals surface area (Å²) >= 11 is 1.42. The molecule has 0 aromatic carbocycles. The molecule has 0 radical (unpaired) electrons. The van der Waals surface area contributed by atoms with Crippen molar-refractivity contribution in [2.75, 3.05) is 24.5 Å². The van der Waals surface area contributed by atoms with E-state index in [1.165, 1.54) is 11.3 Å². The van der Waals surface area contributed by atoms with Gasteiger partial charge in [0.05, 0.1) is 0 Å². The summed E-state index contributed by atoms with van der Waals surface area (Å²) in [5.74, 6) is -0.326. The summed E-state index contributed by atoms with van der Waals surface area (Å²) in [7, 11) is 0. The summed E-state index contributed by atoms with van der Waals surface area (Å²) in [6, 6.07) is -0.309. The van der Waals surface area contributed by atoms with Crippen molar-refractivity contribution in [3.05, 3.63) is 5.51 Å². The fourth-order valence-electron chi connectivity index (χ4n) is 1.48. The van der Waals surface area contributed by atoms with Crippen LogP contribution in [0, 0.1) is 0 Å². The fraction of sp³-hybridized carbons (Fsp3) is 0.571. The Morgan fingerprint density at radius 2 is 2.64 bits per heavy atom. The average molecular weight is 213 g/mol. The number of rotatable bonds is 2. The number of hydrogen-bond donors (Lipinski definition) is 2. The third kappa shape index (κ3) is 1.68. The van der Waals surface area contributed by atoms with Crippen molar-refractivity contribution < 1.29 is 4.79 Å². The van der Waals surface area contributed by atoms with Gasteiger partial charge in [-0.05, 0) is 0 Å². The monoisotopic (exact) mass is 213 g/mol. The van der Waals surface area contributed by atoms with Gasteiger partial charge < -0.3 is 16.0 Å². The van der Waals surface area contributed by atoms with Crippen molar-refractivity contribution >= 4 is 22.4 Å². The van der Waals surface area contributed by atoms with Gasteiger partial charge in [-0.15, -0.1) is 10.2 Å². The van der Waals surface area contributed by atoms with Crippen molar-refractivity contribution in [2.24, 2.45) is 5.73 Å². The molecule has 0 saturated carbocycles. The Balaban J connectivity index is 2.18. The lowest BCUT2D eigenvalue weighted by Crippen LogP contribution is -2.57. The maximum absolute atomic E-state index is 11.2. The van der Waals surface area contributed by atoms with Gasteiger partial charge in [0, 0.05) is 19.6 Å². The van der Waals surface area contributed by atoms with E-state index in [2.05, 4.69) is 15.5 Å². The summed E-state index contributed by atoms with van der Waals surface area (Å²) < 4.78 is 0. The van der Waals surface area contributed by atoms with Gasteiger partial charge in [-0.3, -0.25) is 4.79 Å². The van der Waals surface area contributed by atoms with Gasteiger partial charge in [0.15, 0.2) is 0 Å². The lowest BCUT2D eigenvalue weighted by Gasteiger charge is -2.33. The molecule has 76 valence electrons. The molecule has 0 aliphatic carbocycles. The number of carbonyl (C=O) groups excluding carboxylic acids is 1. The molecular weight excluding hydrogens is 202 g/mol. The molecule has 0 bridgehead atoms. The van der Waals surface area contributed by atoms with E-state index in [1.54, 1.807) is 5.51 Å². The van der Waals surface area contributed by atoms with E-state index in [0.717, 1.165) is 18.2 Å². The molecule has 3 N–H and O–H groups in total. The lowest BCUT2D eigenvalue weighted by molar-refractivity contribution is -0.119. The summed E-state index contributed by atoms with van der Waals surface area (Å²) in [6.45, 7) is 2.15. The van der Waals surface area contributed by atoms with Crippen LogP contribution in [0.3, 0.4) is 0 Å². The molecule has 1 saturated heterocycles. The van der Waals surface area contributed by atoms with Crippen LogP contribution in [0.2, 0.25) is 0 Å². The fourth-order valence-corrected chi connectivity index (χ4v) is 2.12. The smallest absolute Gasteiger partial charge is 0.241 e. The molecule has 1 amide bonds. The summed E-state index contributed by atoms with van der Waals surface area (Å²) in [5.41, 5.74) is 6.95. The SMILES string of the molecule is NC(=O)C1CNCCN1c1nncs1. The number of piperazine rings is 1. The standard InChI is InChI=1S/C7H11N5OS/c8-6(13)5-3-9-1-2-12(5)7-11-10-4-14-7/h4-5,9H,1-3H2,(H2,8,13). The van der Waals surface area contributed by atoms with Crippen molar-refractivity contribution in [2.45, 2.75) is 6.04 Å². The van der Waals surface area contributed by atoms with E-state index in [9.17, 15) is 4.79 Å². The van der Waals surface area contributed by atoms with E-state index >= 15 is 0 Å². The highest BCUT2D eigenvalue weighted by atomic mass is 32.1. The molecule has 1 aromatic heterocycles. The largest absolute Gasteiger partial charge is 0.368 e. The van der Waals surface area contributed by atoms with E-state index < -0.39 is 0 Å². The van der Waals surface area contributed by atoms with Crippen LogP contribution in [0.15, 0.2) is 5.51 Å². The number of anilines is 1. The van der Waals surface area contributed by atoms with E-state index in [0.29, 0.717) is 6.54 Å². The number of carbonyl (C=O) groups is 1. The molecule has 7 heteroatoms. The molecule has 6 nitrogen and oxygen atoms in total. The van der Waals surface area contributed by atoms with Crippen molar-refractivity contribution in [3.63, 3.8) is 0 Å². The number of hydrogen-bond acceptors (Lipinski definition) is 6. The third-order valence-corrected chi connectivity index (χ3v) is 2.89. The van der Waals surface area contributed by atoms with Gasteiger partial charge in [0.25, 0.3) is 0 Å². The molecular formula is C7H11N5OS. The van der Waals surface area contributed by atoms with Gasteiger partial charge >= 0.3 is 0 Å². The van der Waals surface area contributed by atoms with Gasteiger partial charge in [-0.2, -0.15) is 0 Å². The van der Waals surface area contributed by atoms with Crippen LogP contribution in [-0.2, 0) is 4.79 Å². The number of nitrogens with zero attached hydrogens (tertiary/aromatic N) is 3. The van der Waals surface area contributed by atoms with E-state index in [4.69, 9.17) is 5.73 Å². The Labute approximate surface area is 85.1 Å². The lowest BCUT2D eigenvalue weighted by atomic mass is 10.2. The molecule has 1 fully saturated rings. The highest BCUT2D eigenvalue weighted by Gasteiger charge is 2.28. The first kappa shape index (κ1) is 9.35. The Kier molecular flexibility index (Phi) is 2.60. The molecule has 1 aromatic rings. The normalized spacial score (nSPS) is 22.3. The summed E-state index contributed by atoms with van der Waals surface area (Å²) in [4.78, 5) is 13.1. The number of nitrogens with one attached hydrogen (secondary N) is 1. The number of nitrogens with two attached hydrogens (primary N) is 1. The van der Waals surface area contributed by atoms with Gasteiger partial charge in [0.1, 0.15) is 11.6 Å². The topological polar surface area (TPSA) is 84.1 Å². The van der Waals surface area contributed by atoms with Crippen molar-refractivity contribution in [3.8, 4) is 0 Å². The Hall–Kier alpha value is -1.21. The maximum atomic E-state index is 11.2. The van der Waals surface area contributed by atoms with Crippen LogP contribution in [0.4, 0.5) is 5.13 Å². The Morgan fingerprint density at radius 3 is 3.29 bits per heavy atom. The molecule has 1 atom stereocenters. The zero-order chi connectivity index (χ0) is 9.97. The second-order valence-corrected chi connectivity index (χ2v) is 3.85. The van der Waals surface area contributed by atoms with E-state index in [-0.39, 0.29) is 11.9 Å². The van der Waals surface area contributed by atoms with Gasteiger partial charge in [-0.25, -0.2) is 0 Å². The molecule has 1 aliphatic rings. The minimum atomic E-state index is -0.326. The zero-order valence-electron chi connectivity index (χ0n) is 7.51. The molecule has 2 heterocycles. The van der Waals surface area contributed by atoms with Gasteiger partial charge in [0.2, 0.25) is 11.0 Å². The first-order valence-electron chi connectivity index (χ1n) is 4.32. The number of amides is 1. The molecule has 2 rings (SSSR count). The highest BCUT2D eigenvalue weighted by Crippen LogP contribution is 2.19.